The first-order chi connectivity index (χ1) is 12.7. The van der Waals surface area contributed by atoms with Gasteiger partial charge in [-0.05, 0) is 57.3 Å². The number of likely N-dealkylation sites (tertiary alicyclic amines) is 2. The maximum atomic E-state index is 12.9. The number of para-hydroxylation sites is 1. The minimum Gasteiger partial charge on any atom is -0.342 e. The quantitative estimate of drug-likeness (QED) is 0.783. The molecule has 3 fully saturated rings. The maximum absolute atomic E-state index is 12.9. The lowest BCUT2D eigenvalue weighted by molar-refractivity contribution is -0.141. The largest absolute Gasteiger partial charge is 0.342 e. The molecule has 3 aliphatic heterocycles. The minimum absolute atomic E-state index is 0.0284. The Morgan fingerprint density at radius 2 is 1.54 bits per heavy atom. The zero-order valence-corrected chi connectivity index (χ0v) is 15.5. The second-order valence-corrected chi connectivity index (χ2v) is 7.82. The molecule has 1 atom stereocenters. The van der Waals surface area contributed by atoms with E-state index in [-0.39, 0.29) is 11.8 Å². The highest BCUT2D eigenvalue weighted by atomic mass is 16.2. The molecular weight excluding hydrogens is 326 g/mol. The molecule has 3 saturated heterocycles. The molecule has 0 aromatic heterocycles. The first-order valence-electron chi connectivity index (χ1n) is 10.1. The van der Waals surface area contributed by atoms with Crippen LogP contribution in [0.15, 0.2) is 30.3 Å². The van der Waals surface area contributed by atoms with Gasteiger partial charge >= 0.3 is 0 Å². The van der Waals surface area contributed by atoms with E-state index in [4.69, 9.17) is 0 Å². The third-order valence-electron chi connectivity index (χ3n) is 6.25. The van der Waals surface area contributed by atoms with Gasteiger partial charge in [-0.15, -0.1) is 0 Å². The summed E-state index contributed by atoms with van der Waals surface area (Å²) in [6, 6.07) is 10.3. The number of anilines is 1. The highest BCUT2D eigenvalue weighted by Gasteiger charge is 2.40. The molecule has 5 nitrogen and oxygen atoms in total. The van der Waals surface area contributed by atoms with Crippen molar-refractivity contribution in [3.63, 3.8) is 0 Å². The van der Waals surface area contributed by atoms with E-state index in [0.717, 1.165) is 31.6 Å². The predicted octanol–water partition coefficient (Wildman–Crippen LogP) is 2.52. The number of hydrogen-bond acceptors (Lipinski definition) is 3. The Labute approximate surface area is 155 Å². The fourth-order valence-electron chi connectivity index (χ4n) is 4.73. The van der Waals surface area contributed by atoms with Gasteiger partial charge < -0.3 is 14.7 Å². The van der Waals surface area contributed by atoms with Crippen LogP contribution >= 0.6 is 0 Å². The number of nitrogens with zero attached hydrogens (tertiary/aromatic N) is 3. The van der Waals surface area contributed by atoms with Gasteiger partial charge in [0.05, 0.1) is 0 Å². The van der Waals surface area contributed by atoms with E-state index in [0.29, 0.717) is 19.0 Å². The average molecular weight is 355 g/mol. The Balaban J connectivity index is 1.33. The van der Waals surface area contributed by atoms with Crippen molar-refractivity contribution in [3.8, 4) is 0 Å². The summed E-state index contributed by atoms with van der Waals surface area (Å²) in [7, 11) is 0. The van der Waals surface area contributed by atoms with Crippen molar-refractivity contribution >= 4 is 17.5 Å². The summed E-state index contributed by atoms with van der Waals surface area (Å²) in [6.45, 7) is 4.67. The lowest BCUT2D eigenvalue weighted by Crippen LogP contribution is -2.50. The summed E-state index contributed by atoms with van der Waals surface area (Å²) < 4.78 is 0. The number of amides is 2. The summed E-state index contributed by atoms with van der Waals surface area (Å²) >= 11 is 0. The molecule has 3 heterocycles. The Morgan fingerprint density at radius 3 is 2.23 bits per heavy atom. The molecule has 0 unspecified atom stereocenters. The topological polar surface area (TPSA) is 43.9 Å². The molecule has 4 rings (SSSR count). The van der Waals surface area contributed by atoms with Crippen LogP contribution in [-0.4, -0.2) is 60.4 Å². The average Bonchev–Trinajstić information content (AvgIpc) is 3.10. The van der Waals surface area contributed by atoms with Crippen molar-refractivity contribution in [2.24, 2.45) is 5.92 Å². The zero-order valence-electron chi connectivity index (χ0n) is 15.5. The second kappa shape index (κ2) is 7.78. The van der Waals surface area contributed by atoms with Crippen LogP contribution in [0.5, 0.6) is 0 Å². The molecule has 0 aliphatic carbocycles. The van der Waals surface area contributed by atoms with Crippen LogP contribution in [0, 0.1) is 5.92 Å². The van der Waals surface area contributed by atoms with Crippen LogP contribution < -0.4 is 4.90 Å². The van der Waals surface area contributed by atoms with Gasteiger partial charge in [-0.3, -0.25) is 9.59 Å². The summed E-state index contributed by atoms with van der Waals surface area (Å²) in [5, 5.41) is 0. The van der Waals surface area contributed by atoms with Crippen molar-refractivity contribution < 1.29 is 9.59 Å². The summed E-state index contributed by atoms with van der Waals surface area (Å²) in [5.41, 5.74) is 0.900. The van der Waals surface area contributed by atoms with Crippen molar-refractivity contribution in [2.45, 2.75) is 44.6 Å². The Hall–Kier alpha value is -1.88. The molecule has 3 aliphatic rings. The molecule has 2 amide bonds. The van der Waals surface area contributed by atoms with Crippen molar-refractivity contribution in [3.05, 3.63) is 30.3 Å². The fourth-order valence-corrected chi connectivity index (χ4v) is 4.73. The smallest absolute Gasteiger partial charge is 0.239 e. The van der Waals surface area contributed by atoms with Gasteiger partial charge in [0.1, 0.15) is 5.92 Å². The fraction of sp³-hybridized carbons (Fsp3) is 0.619. The molecule has 26 heavy (non-hydrogen) atoms. The summed E-state index contributed by atoms with van der Waals surface area (Å²) in [6.07, 6.45) is 6.72. The predicted molar refractivity (Wildman–Crippen MR) is 102 cm³/mol. The summed E-state index contributed by atoms with van der Waals surface area (Å²) in [4.78, 5) is 32.0. The van der Waals surface area contributed by atoms with Gasteiger partial charge in [0, 0.05) is 31.4 Å². The zero-order chi connectivity index (χ0) is 17.9. The SMILES string of the molecule is O=C([C@H]1CCN(c2ccccc2)C1=O)N1CCC(N2CCCCC2)CC1. The second-order valence-electron chi connectivity index (χ2n) is 7.82. The normalized spacial score (nSPS) is 25.7. The van der Waals surface area contributed by atoms with Crippen LogP contribution in [0.4, 0.5) is 5.69 Å². The molecule has 5 heteroatoms. The van der Waals surface area contributed by atoms with Crippen LogP contribution in [0.3, 0.4) is 0 Å². The number of carbonyl (C=O) groups excluding carboxylic acids is 2. The molecule has 0 spiro atoms. The Kier molecular flexibility index (Phi) is 5.25. The van der Waals surface area contributed by atoms with E-state index in [2.05, 4.69) is 4.90 Å². The third kappa shape index (κ3) is 3.50. The first-order valence-corrected chi connectivity index (χ1v) is 10.1. The molecule has 1 aromatic rings. The number of rotatable bonds is 3. The van der Waals surface area contributed by atoms with Crippen molar-refractivity contribution in [2.75, 3.05) is 37.6 Å². The number of carbonyl (C=O) groups is 2. The van der Waals surface area contributed by atoms with E-state index >= 15 is 0 Å². The number of hydrogen-bond donors (Lipinski definition) is 0. The van der Waals surface area contributed by atoms with Gasteiger partial charge in [-0.25, -0.2) is 0 Å². The van der Waals surface area contributed by atoms with E-state index in [1.165, 1.54) is 32.4 Å². The van der Waals surface area contributed by atoms with Crippen LogP contribution in [0.1, 0.15) is 38.5 Å². The van der Waals surface area contributed by atoms with Crippen molar-refractivity contribution in [1.29, 1.82) is 0 Å². The van der Waals surface area contributed by atoms with Gasteiger partial charge in [-0.2, -0.15) is 0 Å². The standard InChI is InChI=1S/C21H29N3O2/c25-20(19-11-16-24(21(19)26)18-7-3-1-4-8-18)23-14-9-17(10-15-23)22-12-5-2-6-13-22/h1,3-4,7-8,17,19H,2,5-6,9-16H2/t19-/m1/s1. The number of benzene rings is 1. The van der Waals surface area contributed by atoms with E-state index in [1.807, 2.05) is 35.2 Å². The Bertz CT molecular complexity index is 634. The highest BCUT2D eigenvalue weighted by molar-refractivity contribution is 6.09. The third-order valence-corrected chi connectivity index (χ3v) is 6.25. The number of piperidine rings is 2. The Morgan fingerprint density at radius 1 is 0.846 bits per heavy atom. The van der Waals surface area contributed by atoms with E-state index in [9.17, 15) is 9.59 Å². The molecule has 0 saturated carbocycles. The molecule has 1 aromatic carbocycles. The van der Waals surface area contributed by atoms with Gasteiger partial charge in [0.25, 0.3) is 0 Å². The van der Waals surface area contributed by atoms with Crippen LogP contribution in [0.2, 0.25) is 0 Å². The van der Waals surface area contributed by atoms with Crippen molar-refractivity contribution in [1.82, 2.24) is 9.80 Å². The van der Waals surface area contributed by atoms with Gasteiger partial charge in [0.2, 0.25) is 11.8 Å². The highest BCUT2D eigenvalue weighted by Crippen LogP contribution is 2.28. The maximum Gasteiger partial charge on any atom is 0.239 e. The van der Waals surface area contributed by atoms with Crippen LogP contribution in [0.25, 0.3) is 0 Å². The van der Waals surface area contributed by atoms with Crippen LogP contribution in [-0.2, 0) is 9.59 Å². The monoisotopic (exact) mass is 355 g/mol. The van der Waals surface area contributed by atoms with Gasteiger partial charge in [-0.1, -0.05) is 24.6 Å². The van der Waals surface area contributed by atoms with E-state index < -0.39 is 5.92 Å². The molecule has 140 valence electrons. The van der Waals surface area contributed by atoms with E-state index in [1.54, 1.807) is 4.90 Å². The lowest BCUT2D eigenvalue weighted by Gasteiger charge is -2.40. The molecule has 0 bridgehead atoms. The lowest BCUT2D eigenvalue weighted by atomic mass is 9.98. The molecule has 0 radical (unpaired) electrons. The van der Waals surface area contributed by atoms with Gasteiger partial charge in [0.15, 0.2) is 0 Å². The molecular formula is C21H29N3O2. The summed E-state index contributed by atoms with van der Waals surface area (Å²) in [5.74, 6) is -0.466. The minimum atomic E-state index is -0.484. The first kappa shape index (κ1) is 17.5. The molecule has 0 N–H and O–H groups in total.